The number of ether oxygens (including phenoxy) is 2. The van der Waals surface area contributed by atoms with E-state index in [1.807, 2.05) is 6.92 Å². The standard InChI is InChI=1S/C15H20O6S/c1-12(2)15(16)20-10-8-19-9-11-21-22(17,18)14-6-4-13(3)5-7-14/h4-7H,1,8-11H2,2-3H3. The molecule has 0 N–H and O–H groups in total. The van der Waals surface area contributed by atoms with Gasteiger partial charge in [0.25, 0.3) is 10.1 Å². The summed E-state index contributed by atoms with van der Waals surface area (Å²) in [6, 6.07) is 6.37. The summed E-state index contributed by atoms with van der Waals surface area (Å²) in [5, 5.41) is 0. The smallest absolute Gasteiger partial charge is 0.333 e. The van der Waals surface area contributed by atoms with Crippen LogP contribution in [-0.2, 0) is 28.6 Å². The summed E-state index contributed by atoms with van der Waals surface area (Å²) in [6.07, 6.45) is 0. The summed E-state index contributed by atoms with van der Waals surface area (Å²) >= 11 is 0. The van der Waals surface area contributed by atoms with E-state index in [1.165, 1.54) is 12.1 Å². The number of esters is 1. The van der Waals surface area contributed by atoms with Gasteiger partial charge in [0.05, 0.1) is 24.7 Å². The number of carbonyl (C=O) groups excluding carboxylic acids is 1. The molecule has 1 aromatic rings. The summed E-state index contributed by atoms with van der Waals surface area (Å²) in [5.41, 5.74) is 1.28. The van der Waals surface area contributed by atoms with Crippen LogP contribution in [0.1, 0.15) is 12.5 Å². The Kier molecular flexibility index (Phi) is 7.23. The molecular weight excluding hydrogens is 308 g/mol. The molecule has 0 aliphatic carbocycles. The van der Waals surface area contributed by atoms with Crippen LogP contribution < -0.4 is 0 Å². The average molecular weight is 328 g/mol. The first kappa shape index (κ1) is 18.3. The molecule has 0 radical (unpaired) electrons. The maximum atomic E-state index is 11.8. The first-order chi connectivity index (χ1) is 10.3. The van der Waals surface area contributed by atoms with Gasteiger partial charge < -0.3 is 9.47 Å². The lowest BCUT2D eigenvalue weighted by molar-refractivity contribution is -0.140. The number of hydrogen-bond acceptors (Lipinski definition) is 6. The van der Waals surface area contributed by atoms with E-state index in [2.05, 4.69) is 6.58 Å². The molecule has 0 fully saturated rings. The third-order valence-electron chi connectivity index (χ3n) is 2.59. The van der Waals surface area contributed by atoms with Crippen molar-refractivity contribution < 1.29 is 26.9 Å². The zero-order chi connectivity index (χ0) is 16.6. The van der Waals surface area contributed by atoms with Gasteiger partial charge in [-0.15, -0.1) is 0 Å². The minimum atomic E-state index is -3.77. The topological polar surface area (TPSA) is 78.9 Å². The van der Waals surface area contributed by atoms with Crippen molar-refractivity contribution in [3.05, 3.63) is 42.0 Å². The molecule has 0 aliphatic heterocycles. The maximum Gasteiger partial charge on any atom is 0.333 e. The molecule has 6 nitrogen and oxygen atoms in total. The molecule has 0 saturated carbocycles. The van der Waals surface area contributed by atoms with Crippen molar-refractivity contribution in [3.8, 4) is 0 Å². The van der Waals surface area contributed by atoms with E-state index in [0.29, 0.717) is 5.57 Å². The van der Waals surface area contributed by atoms with Gasteiger partial charge in [0, 0.05) is 5.57 Å². The Morgan fingerprint density at radius 1 is 1.09 bits per heavy atom. The van der Waals surface area contributed by atoms with Crippen molar-refractivity contribution in [1.82, 2.24) is 0 Å². The SMILES string of the molecule is C=C(C)C(=O)OCCOCCOS(=O)(=O)c1ccc(C)cc1. The molecule has 1 aromatic carbocycles. The summed E-state index contributed by atoms with van der Waals surface area (Å²) in [6.45, 7) is 7.07. The van der Waals surface area contributed by atoms with E-state index in [9.17, 15) is 13.2 Å². The van der Waals surface area contributed by atoms with Crippen LogP contribution in [0.3, 0.4) is 0 Å². The van der Waals surface area contributed by atoms with Gasteiger partial charge in [-0.3, -0.25) is 4.18 Å². The van der Waals surface area contributed by atoms with E-state index in [-0.39, 0.29) is 31.3 Å². The molecule has 0 aliphatic rings. The first-order valence-corrected chi connectivity index (χ1v) is 8.10. The lowest BCUT2D eigenvalue weighted by Crippen LogP contribution is -2.15. The van der Waals surface area contributed by atoms with Crippen LogP contribution in [0.25, 0.3) is 0 Å². The molecule has 1 rings (SSSR count). The van der Waals surface area contributed by atoms with Crippen molar-refractivity contribution in [3.63, 3.8) is 0 Å². The number of benzene rings is 1. The van der Waals surface area contributed by atoms with E-state index in [4.69, 9.17) is 13.7 Å². The summed E-state index contributed by atoms with van der Waals surface area (Å²) in [7, 11) is -3.77. The lowest BCUT2D eigenvalue weighted by Gasteiger charge is -2.07. The van der Waals surface area contributed by atoms with E-state index in [0.717, 1.165) is 5.56 Å². The molecule has 0 atom stereocenters. The van der Waals surface area contributed by atoms with Crippen molar-refractivity contribution in [1.29, 1.82) is 0 Å². The van der Waals surface area contributed by atoms with E-state index in [1.54, 1.807) is 19.1 Å². The molecule has 0 saturated heterocycles. The van der Waals surface area contributed by atoms with Gasteiger partial charge >= 0.3 is 5.97 Å². The van der Waals surface area contributed by atoms with Crippen LogP contribution in [0.4, 0.5) is 0 Å². The second kappa shape index (κ2) is 8.67. The van der Waals surface area contributed by atoms with Crippen LogP contribution in [-0.4, -0.2) is 40.8 Å². The lowest BCUT2D eigenvalue weighted by atomic mass is 10.2. The monoisotopic (exact) mass is 328 g/mol. The zero-order valence-electron chi connectivity index (χ0n) is 12.7. The van der Waals surface area contributed by atoms with Gasteiger partial charge in [-0.25, -0.2) is 4.79 Å². The molecule has 7 heteroatoms. The van der Waals surface area contributed by atoms with Crippen molar-refractivity contribution in [2.24, 2.45) is 0 Å². The number of rotatable bonds is 9. The Morgan fingerprint density at radius 2 is 1.68 bits per heavy atom. The molecule has 0 bridgehead atoms. The highest BCUT2D eigenvalue weighted by atomic mass is 32.2. The molecule has 0 aromatic heterocycles. The molecule has 0 unspecified atom stereocenters. The maximum absolute atomic E-state index is 11.8. The number of aryl methyl sites for hydroxylation is 1. The fourth-order valence-corrected chi connectivity index (χ4v) is 2.29. The Hall–Kier alpha value is -1.70. The van der Waals surface area contributed by atoms with Gasteiger partial charge in [-0.05, 0) is 26.0 Å². The highest BCUT2D eigenvalue weighted by Crippen LogP contribution is 2.12. The summed E-state index contributed by atoms with van der Waals surface area (Å²) in [5.74, 6) is -0.484. The van der Waals surface area contributed by atoms with Crippen molar-refractivity contribution in [2.45, 2.75) is 18.7 Å². The third kappa shape index (κ3) is 6.38. The minimum Gasteiger partial charge on any atom is -0.460 e. The van der Waals surface area contributed by atoms with Crippen LogP contribution >= 0.6 is 0 Å². The predicted octanol–water partition coefficient (Wildman–Crippen LogP) is 1.84. The molecule has 122 valence electrons. The first-order valence-electron chi connectivity index (χ1n) is 6.69. The van der Waals surface area contributed by atoms with Gasteiger partial charge in [-0.1, -0.05) is 24.3 Å². The average Bonchev–Trinajstić information content (AvgIpc) is 2.46. The second-order valence-corrected chi connectivity index (χ2v) is 6.23. The second-order valence-electron chi connectivity index (χ2n) is 4.62. The minimum absolute atomic E-state index is 0.0791. The number of hydrogen-bond donors (Lipinski definition) is 0. The summed E-state index contributed by atoms with van der Waals surface area (Å²) in [4.78, 5) is 11.2. The van der Waals surface area contributed by atoms with Crippen LogP contribution in [0, 0.1) is 6.92 Å². The zero-order valence-corrected chi connectivity index (χ0v) is 13.5. The Labute approximate surface area is 130 Å². The molecule has 22 heavy (non-hydrogen) atoms. The van der Waals surface area contributed by atoms with Crippen molar-refractivity contribution in [2.75, 3.05) is 26.4 Å². The van der Waals surface area contributed by atoms with E-state index >= 15 is 0 Å². The van der Waals surface area contributed by atoms with Crippen LogP contribution in [0.15, 0.2) is 41.3 Å². The largest absolute Gasteiger partial charge is 0.460 e. The van der Waals surface area contributed by atoms with E-state index < -0.39 is 16.1 Å². The highest BCUT2D eigenvalue weighted by molar-refractivity contribution is 7.86. The van der Waals surface area contributed by atoms with Crippen LogP contribution in [0.2, 0.25) is 0 Å². The predicted molar refractivity (Wildman–Crippen MR) is 80.9 cm³/mol. The quantitative estimate of drug-likeness (QED) is 0.298. The Balaban J connectivity index is 2.22. The normalized spacial score (nSPS) is 11.2. The Morgan fingerprint density at radius 3 is 2.27 bits per heavy atom. The van der Waals surface area contributed by atoms with Crippen molar-refractivity contribution >= 4 is 16.1 Å². The third-order valence-corrected chi connectivity index (χ3v) is 3.91. The van der Waals surface area contributed by atoms with Gasteiger partial charge in [0.1, 0.15) is 6.61 Å². The van der Waals surface area contributed by atoms with Gasteiger partial charge in [0.15, 0.2) is 0 Å². The van der Waals surface area contributed by atoms with Crippen LogP contribution in [0.5, 0.6) is 0 Å². The fourth-order valence-electron chi connectivity index (χ4n) is 1.39. The molecule has 0 amide bonds. The van der Waals surface area contributed by atoms with Gasteiger partial charge in [0.2, 0.25) is 0 Å². The fraction of sp³-hybridized carbons (Fsp3) is 0.400. The Bertz CT molecular complexity index is 603. The molecular formula is C15H20O6S. The van der Waals surface area contributed by atoms with Gasteiger partial charge in [-0.2, -0.15) is 8.42 Å². The summed E-state index contributed by atoms with van der Waals surface area (Å²) < 4.78 is 38.5. The molecule has 0 spiro atoms. The molecule has 0 heterocycles. The highest BCUT2D eigenvalue weighted by Gasteiger charge is 2.14. The number of carbonyl (C=O) groups is 1.